The van der Waals surface area contributed by atoms with Crippen LogP contribution in [0.4, 0.5) is 4.79 Å². The van der Waals surface area contributed by atoms with Gasteiger partial charge in [-0.05, 0) is 70.1 Å². The molecule has 0 bridgehead atoms. The van der Waals surface area contributed by atoms with E-state index >= 15 is 0 Å². The zero-order valence-corrected chi connectivity index (χ0v) is 14.3. The van der Waals surface area contributed by atoms with Gasteiger partial charge in [-0.1, -0.05) is 12.1 Å². The summed E-state index contributed by atoms with van der Waals surface area (Å²) in [6.45, 7) is 7.26. The summed E-state index contributed by atoms with van der Waals surface area (Å²) in [6.07, 6.45) is 4.05. The number of aryl methyl sites for hydroxylation is 1. The number of amides is 1. The quantitative estimate of drug-likeness (QED) is 0.842. The molecule has 1 amide bonds. The SMILES string of the molecule is CC(C)(C)OC(=O)N1CCC(CCc2ccc(C#N)cc2)CC1. The Balaban J connectivity index is 1.74. The largest absolute Gasteiger partial charge is 0.444 e. The van der Waals surface area contributed by atoms with Gasteiger partial charge in [0, 0.05) is 13.1 Å². The Hall–Kier alpha value is -2.02. The first kappa shape index (κ1) is 17.3. The van der Waals surface area contributed by atoms with Crippen molar-refractivity contribution in [2.75, 3.05) is 13.1 Å². The van der Waals surface area contributed by atoms with E-state index in [4.69, 9.17) is 10.00 Å². The Morgan fingerprint density at radius 3 is 2.39 bits per heavy atom. The lowest BCUT2D eigenvalue weighted by Gasteiger charge is -2.33. The highest BCUT2D eigenvalue weighted by Gasteiger charge is 2.26. The van der Waals surface area contributed by atoms with Gasteiger partial charge >= 0.3 is 6.09 Å². The van der Waals surface area contributed by atoms with Crippen LogP contribution in [0.15, 0.2) is 24.3 Å². The zero-order valence-electron chi connectivity index (χ0n) is 14.3. The summed E-state index contributed by atoms with van der Waals surface area (Å²) in [5, 5.41) is 8.81. The van der Waals surface area contributed by atoms with Crippen LogP contribution in [0.1, 0.15) is 51.2 Å². The molecule has 0 aliphatic carbocycles. The van der Waals surface area contributed by atoms with Crippen LogP contribution in [0.2, 0.25) is 0 Å². The molecule has 124 valence electrons. The standard InChI is InChI=1S/C19H26N2O2/c1-19(2,3)23-18(22)21-12-10-16(11-13-21)5-4-15-6-8-17(14-20)9-7-15/h6-9,16H,4-5,10-13H2,1-3H3. The molecule has 1 heterocycles. The van der Waals surface area contributed by atoms with E-state index in [0.717, 1.165) is 38.8 Å². The van der Waals surface area contributed by atoms with Crippen LogP contribution in [0.5, 0.6) is 0 Å². The first-order valence-electron chi connectivity index (χ1n) is 8.34. The fourth-order valence-electron chi connectivity index (χ4n) is 2.85. The summed E-state index contributed by atoms with van der Waals surface area (Å²) in [7, 11) is 0. The maximum absolute atomic E-state index is 12.0. The van der Waals surface area contributed by atoms with Crippen LogP contribution in [0.3, 0.4) is 0 Å². The van der Waals surface area contributed by atoms with E-state index < -0.39 is 5.60 Å². The van der Waals surface area contributed by atoms with Gasteiger partial charge in [-0.25, -0.2) is 4.79 Å². The molecule has 4 heteroatoms. The second-order valence-corrected chi connectivity index (χ2v) is 7.26. The summed E-state index contributed by atoms with van der Waals surface area (Å²) >= 11 is 0. The third-order valence-corrected chi connectivity index (χ3v) is 4.19. The van der Waals surface area contributed by atoms with E-state index in [1.807, 2.05) is 49.9 Å². The first-order chi connectivity index (χ1) is 10.9. The van der Waals surface area contributed by atoms with Crippen molar-refractivity contribution in [1.29, 1.82) is 5.26 Å². The van der Waals surface area contributed by atoms with Crippen molar-refractivity contribution in [3.8, 4) is 6.07 Å². The van der Waals surface area contributed by atoms with E-state index in [2.05, 4.69) is 6.07 Å². The third-order valence-electron chi connectivity index (χ3n) is 4.19. The van der Waals surface area contributed by atoms with E-state index in [1.165, 1.54) is 5.56 Å². The van der Waals surface area contributed by atoms with Crippen molar-refractivity contribution < 1.29 is 9.53 Å². The summed E-state index contributed by atoms with van der Waals surface area (Å²) < 4.78 is 5.42. The van der Waals surface area contributed by atoms with Crippen molar-refractivity contribution in [3.05, 3.63) is 35.4 Å². The molecule has 0 N–H and O–H groups in total. The van der Waals surface area contributed by atoms with Gasteiger partial charge in [0.1, 0.15) is 5.60 Å². The van der Waals surface area contributed by atoms with Crippen LogP contribution < -0.4 is 0 Å². The molecule has 23 heavy (non-hydrogen) atoms. The lowest BCUT2D eigenvalue weighted by atomic mass is 9.90. The number of likely N-dealkylation sites (tertiary alicyclic amines) is 1. The predicted octanol–water partition coefficient (Wildman–Crippen LogP) is 4.14. The van der Waals surface area contributed by atoms with Crippen molar-refractivity contribution in [3.63, 3.8) is 0 Å². The molecule has 0 saturated carbocycles. The van der Waals surface area contributed by atoms with Crippen molar-refractivity contribution in [2.45, 2.75) is 52.1 Å². The van der Waals surface area contributed by atoms with Crippen LogP contribution in [0.25, 0.3) is 0 Å². The second-order valence-electron chi connectivity index (χ2n) is 7.26. The van der Waals surface area contributed by atoms with Crippen LogP contribution >= 0.6 is 0 Å². The molecular formula is C19H26N2O2. The Morgan fingerprint density at radius 1 is 1.26 bits per heavy atom. The number of nitrogens with zero attached hydrogens (tertiary/aromatic N) is 2. The van der Waals surface area contributed by atoms with Crippen LogP contribution in [-0.2, 0) is 11.2 Å². The van der Waals surface area contributed by atoms with Gasteiger partial charge in [0.15, 0.2) is 0 Å². The number of benzene rings is 1. The van der Waals surface area contributed by atoms with Gasteiger partial charge in [0.25, 0.3) is 0 Å². The van der Waals surface area contributed by atoms with Gasteiger partial charge in [-0.3, -0.25) is 0 Å². The number of carbonyl (C=O) groups excluding carboxylic acids is 1. The second kappa shape index (κ2) is 7.50. The molecule has 1 aromatic rings. The predicted molar refractivity (Wildman–Crippen MR) is 90.0 cm³/mol. The fourth-order valence-corrected chi connectivity index (χ4v) is 2.85. The number of rotatable bonds is 3. The average molecular weight is 314 g/mol. The van der Waals surface area contributed by atoms with Gasteiger partial charge in [0.05, 0.1) is 11.6 Å². The number of hydrogen-bond donors (Lipinski definition) is 0. The number of carbonyl (C=O) groups is 1. The van der Waals surface area contributed by atoms with Crippen LogP contribution in [-0.4, -0.2) is 29.7 Å². The molecule has 4 nitrogen and oxygen atoms in total. The molecule has 0 radical (unpaired) electrons. The van der Waals surface area contributed by atoms with Crippen LogP contribution in [0, 0.1) is 17.2 Å². The highest BCUT2D eigenvalue weighted by atomic mass is 16.6. The highest BCUT2D eigenvalue weighted by Crippen LogP contribution is 2.24. The summed E-state index contributed by atoms with van der Waals surface area (Å²) in [5.74, 6) is 0.657. The van der Waals surface area contributed by atoms with Gasteiger partial charge in [-0.15, -0.1) is 0 Å². The number of ether oxygens (including phenoxy) is 1. The Labute approximate surface area is 139 Å². The van der Waals surface area contributed by atoms with Crippen molar-refractivity contribution >= 4 is 6.09 Å². The van der Waals surface area contributed by atoms with E-state index in [-0.39, 0.29) is 6.09 Å². The first-order valence-corrected chi connectivity index (χ1v) is 8.34. The lowest BCUT2D eigenvalue weighted by molar-refractivity contribution is 0.0181. The molecule has 0 spiro atoms. The Kier molecular flexibility index (Phi) is 5.65. The molecule has 0 aromatic heterocycles. The van der Waals surface area contributed by atoms with E-state index in [9.17, 15) is 4.79 Å². The molecule has 1 aliphatic rings. The number of piperidine rings is 1. The molecule has 1 saturated heterocycles. The lowest BCUT2D eigenvalue weighted by Crippen LogP contribution is -2.41. The highest BCUT2D eigenvalue weighted by molar-refractivity contribution is 5.68. The minimum Gasteiger partial charge on any atom is -0.444 e. The summed E-state index contributed by atoms with van der Waals surface area (Å²) in [4.78, 5) is 13.9. The smallest absolute Gasteiger partial charge is 0.410 e. The maximum atomic E-state index is 12.0. The van der Waals surface area contributed by atoms with E-state index in [0.29, 0.717) is 11.5 Å². The minimum atomic E-state index is -0.427. The molecule has 1 aromatic carbocycles. The number of nitriles is 1. The third kappa shape index (κ3) is 5.59. The Bertz CT molecular complexity index is 559. The number of hydrogen-bond acceptors (Lipinski definition) is 3. The van der Waals surface area contributed by atoms with Gasteiger partial charge < -0.3 is 9.64 Å². The van der Waals surface area contributed by atoms with E-state index in [1.54, 1.807) is 0 Å². The minimum absolute atomic E-state index is 0.192. The summed E-state index contributed by atoms with van der Waals surface area (Å²) in [6, 6.07) is 9.96. The molecule has 2 rings (SSSR count). The average Bonchev–Trinajstić information content (AvgIpc) is 2.52. The monoisotopic (exact) mass is 314 g/mol. The van der Waals surface area contributed by atoms with Crippen molar-refractivity contribution in [1.82, 2.24) is 4.90 Å². The molecule has 1 aliphatic heterocycles. The summed E-state index contributed by atoms with van der Waals surface area (Å²) in [5.41, 5.74) is 1.56. The maximum Gasteiger partial charge on any atom is 0.410 e. The molecule has 0 atom stereocenters. The Morgan fingerprint density at radius 2 is 1.87 bits per heavy atom. The topological polar surface area (TPSA) is 53.3 Å². The van der Waals surface area contributed by atoms with Gasteiger partial charge in [0.2, 0.25) is 0 Å². The molecular weight excluding hydrogens is 288 g/mol. The molecule has 0 unspecified atom stereocenters. The van der Waals surface area contributed by atoms with Crippen molar-refractivity contribution in [2.24, 2.45) is 5.92 Å². The fraction of sp³-hybridized carbons (Fsp3) is 0.579. The van der Waals surface area contributed by atoms with Gasteiger partial charge in [-0.2, -0.15) is 5.26 Å². The normalized spacial score (nSPS) is 16.0. The molecule has 1 fully saturated rings. The zero-order chi connectivity index (χ0) is 16.9.